The fraction of sp³-hybridized carbons (Fsp3) is 0.389. The third kappa shape index (κ3) is 4.24. The predicted molar refractivity (Wildman–Crippen MR) is 105 cm³/mol. The molecule has 4 rings (SSSR count). The maximum Gasteiger partial charge on any atom is 0.393 e. The molecule has 0 bridgehead atoms. The van der Waals surface area contributed by atoms with Gasteiger partial charge in [0.1, 0.15) is 11.3 Å². The first-order valence-electron chi connectivity index (χ1n) is 9.15. The van der Waals surface area contributed by atoms with Crippen LogP contribution in [0.5, 0.6) is 0 Å². The van der Waals surface area contributed by atoms with E-state index in [1.54, 1.807) is 30.6 Å². The summed E-state index contributed by atoms with van der Waals surface area (Å²) < 4.78 is 64.9. The highest BCUT2D eigenvalue weighted by atomic mass is 32.2. The van der Waals surface area contributed by atoms with Crippen LogP contribution in [-0.4, -0.2) is 64.2 Å². The Hall–Kier alpha value is -2.73. The molecular weight excluding hydrogens is 421 g/mol. The summed E-state index contributed by atoms with van der Waals surface area (Å²) in [7, 11) is -3.78. The van der Waals surface area contributed by atoms with Crippen LogP contribution in [-0.2, 0) is 10.0 Å². The maximum atomic E-state index is 13.4. The van der Waals surface area contributed by atoms with Crippen LogP contribution in [0.3, 0.4) is 0 Å². The zero-order chi connectivity index (χ0) is 21.5. The van der Waals surface area contributed by atoms with E-state index in [4.69, 9.17) is 0 Å². The van der Waals surface area contributed by atoms with Crippen molar-refractivity contribution in [1.29, 1.82) is 0 Å². The van der Waals surface area contributed by atoms with Gasteiger partial charge >= 0.3 is 6.18 Å². The molecule has 0 amide bonds. The third-order valence-corrected chi connectivity index (χ3v) is 6.27. The lowest BCUT2D eigenvalue weighted by atomic mass is 9.95. The van der Waals surface area contributed by atoms with Crippen LogP contribution in [0, 0.1) is 5.92 Å². The molecule has 1 saturated heterocycles. The number of rotatable bonds is 4. The largest absolute Gasteiger partial charge is 0.393 e. The van der Waals surface area contributed by atoms with Gasteiger partial charge in [0.05, 0.1) is 24.1 Å². The Morgan fingerprint density at radius 2 is 2.03 bits per heavy atom. The number of hydrogen-bond acceptors (Lipinski definition) is 6. The van der Waals surface area contributed by atoms with Gasteiger partial charge in [0.25, 0.3) is 0 Å². The first-order valence-corrected chi connectivity index (χ1v) is 11.0. The normalized spacial score (nSPS) is 21.1. The standard InChI is InChI=1S/C18H19F3N6O2S/c1-30(28,29)27-9-11(18(19,20)21)7-12(10-27)25-16-13(3-2-5-22-16)15-8-24-17-14(26-15)4-6-23-17/h2-6,8,11-12H,7,9-10H2,1H3,(H,22,25)(H,23,24). The van der Waals surface area contributed by atoms with Crippen molar-refractivity contribution in [3.05, 3.63) is 36.8 Å². The zero-order valence-corrected chi connectivity index (χ0v) is 16.7. The summed E-state index contributed by atoms with van der Waals surface area (Å²) in [5.41, 5.74) is 2.32. The van der Waals surface area contributed by atoms with Gasteiger partial charge in [-0.15, -0.1) is 0 Å². The van der Waals surface area contributed by atoms with Gasteiger partial charge in [0.2, 0.25) is 10.0 Å². The highest BCUT2D eigenvalue weighted by Gasteiger charge is 2.46. The van der Waals surface area contributed by atoms with Gasteiger partial charge in [0.15, 0.2) is 5.65 Å². The van der Waals surface area contributed by atoms with E-state index in [0.29, 0.717) is 28.2 Å². The maximum absolute atomic E-state index is 13.4. The Kier molecular flexibility index (Phi) is 5.14. The van der Waals surface area contributed by atoms with Gasteiger partial charge in [-0.1, -0.05) is 0 Å². The molecule has 3 aromatic rings. The molecule has 0 spiro atoms. The van der Waals surface area contributed by atoms with Crippen molar-refractivity contribution in [2.24, 2.45) is 5.92 Å². The van der Waals surface area contributed by atoms with E-state index < -0.39 is 34.7 Å². The minimum Gasteiger partial charge on any atom is -0.365 e. The summed E-state index contributed by atoms with van der Waals surface area (Å²) in [5.74, 6) is -1.44. The summed E-state index contributed by atoms with van der Waals surface area (Å²) in [6, 6.07) is 4.41. The second-order valence-corrected chi connectivity index (χ2v) is 9.24. The molecule has 2 unspecified atom stereocenters. The van der Waals surface area contributed by atoms with Gasteiger partial charge in [-0.25, -0.2) is 23.4 Å². The van der Waals surface area contributed by atoms with Crippen molar-refractivity contribution in [1.82, 2.24) is 24.2 Å². The Labute approximate surface area is 170 Å². The lowest BCUT2D eigenvalue weighted by Gasteiger charge is -2.37. The fourth-order valence-electron chi connectivity index (χ4n) is 3.55. The number of hydrogen-bond donors (Lipinski definition) is 2. The quantitative estimate of drug-likeness (QED) is 0.647. The summed E-state index contributed by atoms with van der Waals surface area (Å²) in [6.45, 7) is -0.658. The number of piperidine rings is 1. The van der Waals surface area contributed by atoms with Crippen molar-refractivity contribution < 1.29 is 21.6 Å². The number of sulfonamides is 1. The van der Waals surface area contributed by atoms with Crippen molar-refractivity contribution >= 4 is 27.0 Å². The minimum atomic E-state index is -4.50. The topological polar surface area (TPSA) is 104 Å². The monoisotopic (exact) mass is 440 g/mol. The van der Waals surface area contributed by atoms with E-state index in [0.717, 1.165) is 10.6 Å². The van der Waals surface area contributed by atoms with Crippen LogP contribution < -0.4 is 5.32 Å². The molecule has 4 heterocycles. The van der Waals surface area contributed by atoms with Gasteiger partial charge in [0, 0.05) is 37.1 Å². The molecule has 160 valence electrons. The van der Waals surface area contributed by atoms with E-state index in [2.05, 4.69) is 25.3 Å². The van der Waals surface area contributed by atoms with E-state index in [9.17, 15) is 21.6 Å². The summed E-state index contributed by atoms with van der Waals surface area (Å²) >= 11 is 0. The first-order chi connectivity index (χ1) is 14.1. The minimum absolute atomic E-state index is 0.0794. The van der Waals surface area contributed by atoms with E-state index in [-0.39, 0.29) is 13.0 Å². The molecule has 0 radical (unpaired) electrons. The Morgan fingerprint density at radius 3 is 2.77 bits per heavy atom. The number of aromatic amines is 1. The van der Waals surface area contributed by atoms with Crippen LogP contribution >= 0.6 is 0 Å². The summed E-state index contributed by atoms with van der Waals surface area (Å²) in [6.07, 6.45) is 0.914. The summed E-state index contributed by atoms with van der Waals surface area (Å²) in [5, 5.41) is 3.00. The van der Waals surface area contributed by atoms with Gasteiger partial charge in [-0.05, 0) is 24.6 Å². The predicted octanol–water partition coefficient (Wildman–Crippen LogP) is 2.64. The lowest BCUT2D eigenvalue weighted by Crippen LogP contribution is -2.52. The molecule has 3 aromatic heterocycles. The Bertz CT molecular complexity index is 1160. The third-order valence-electron chi connectivity index (χ3n) is 5.03. The van der Waals surface area contributed by atoms with Crippen molar-refractivity contribution in [3.63, 3.8) is 0 Å². The molecule has 1 aliphatic heterocycles. The molecule has 30 heavy (non-hydrogen) atoms. The average Bonchev–Trinajstić information content (AvgIpc) is 3.14. The SMILES string of the molecule is CS(=O)(=O)N1CC(Nc2ncccc2-c2cnc3[nH]ccc3n2)CC(C(F)(F)F)C1. The number of fused-ring (bicyclic) bond motifs is 1. The van der Waals surface area contributed by atoms with Gasteiger partial charge in [-0.3, -0.25) is 0 Å². The number of halogens is 3. The second kappa shape index (κ2) is 7.51. The number of anilines is 1. The number of nitrogens with one attached hydrogen (secondary N) is 2. The molecule has 1 fully saturated rings. The van der Waals surface area contributed by atoms with Crippen LogP contribution in [0.4, 0.5) is 19.0 Å². The molecule has 0 saturated carbocycles. The van der Waals surface area contributed by atoms with E-state index in [1.165, 1.54) is 6.20 Å². The Balaban J connectivity index is 1.65. The Morgan fingerprint density at radius 1 is 1.23 bits per heavy atom. The van der Waals surface area contributed by atoms with E-state index >= 15 is 0 Å². The zero-order valence-electron chi connectivity index (χ0n) is 15.9. The highest BCUT2D eigenvalue weighted by Crippen LogP contribution is 2.35. The molecule has 12 heteroatoms. The number of H-pyrrole nitrogens is 1. The molecule has 8 nitrogen and oxygen atoms in total. The first kappa shape index (κ1) is 20.5. The number of alkyl halides is 3. The van der Waals surface area contributed by atoms with Crippen LogP contribution in [0.1, 0.15) is 6.42 Å². The number of aromatic nitrogens is 4. The summed E-state index contributed by atoms with van der Waals surface area (Å²) in [4.78, 5) is 16.0. The molecule has 1 aliphatic rings. The average molecular weight is 440 g/mol. The van der Waals surface area contributed by atoms with Crippen LogP contribution in [0.15, 0.2) is 36.8 Å². The van der Waals surface area contributed by atoms with Crippen LogP contribution in [0.2, 0.25) is 0 Å². The lowest BCUT2D eigenvalue weighted by molar-refractivity contribution is -0.183. The molecule has 0 aliphatic carbocycles. The molecule has 2 atom stereocenters. The molecular formula is C18H19F3N6O2S. The number of nitrogens with zero attached hydrogens (tertiary/aromatic N) is 4. The second-order valence-electron chi connectivity index (χ2n) is 7.26. The molecule has 0 aromatic carbocycles. The number of pyridine rings is 1. The highest BCUT2D eigenvalue weighted by molar-refractivity contribution is 7.88. The van der Waals surface area contributed by atoms with Crippen molar-refractivity contribution in [2.45, 2.75) is 18.6 Å². The van der Waals surface area contributed by atoms with Gasteiger partial charge in [-0.2, -0.15) is 17.5 Å². The smallest absolute Gasteiger partial charge is 0.365 e. The van der Waals surface area contributed by atoms with Crippen molar-refractivity contribution in [2.75, 3.05) is 24.7 Å². The van der Waals surface area contributed by atoms with E-state index in [1.807, 2.05) is 0 Å². The van der Waals surface area contributed by atoms with Gasteiger partial charge < -0.3 is 10.3 Å². The molecule has 2 N–H and O–H groups in total. The fourth-order valence-corrected chi connectivity index (χ4v) is 4.45. The van der Waals surface area contributed by atoms with Crippen molar-refractivity contribution in [3.8, 4) is 11.3 Å². The van der Waals surface area contributed by atoms with Crippen LogP contribution in [0.25, 0.3) is 22.4 Å².